The van der Waals surface area contributed by atoms with E-state index in [-0.39, 0.29) is 0 Å². The molecule has 2 unspecified atom stereocenters. The zero-order chi connectivity index (χ0) is 9.26. The first kappa shape index (κ1) is 9.00. The summed E-state index contributed by atoms with van der Waals surface area (Å²) in [6.45, 7) is 5.19. The highest BCUT2D eigenvalue weighted by Gasteiger charge is 2.39. The molecule has 0 radical (unpaired) electrons. The summed E-state index contributed by atoms with van der Waals surface area (Å²) in [5.74, 6) is 1.10. The Balaban J connectivity index is 1.96. The van der Waals surface area contributed by atoms with Gasteiger partial charge < -0.3 is 10.2 Å². The summed E-state index contributed by atoms with van der Waals surface area (Å²) in [5.41, 5.74) is 0. The molecule has 1 amide bonds. The fourth-order valence-electron chi connectivity index (χ4n) is 2.52. The Morgan fingerprint density at radius 3 is 3.15 bits per heavy atom. The summed E-state index contributed by atoms with van der Waals surface area (Å²) < 4.78 is 0. The Hall–Kier alpha value is -0.570. The second-order valence-corrected chi connectivity index (χ2v) is 4.11. The smallest absolute Gasteiger partial charge is 0.222 e. The lowest BCUT2D eigenvalue weighted by atomic mass is 10.1. The van der Waals surface area contributed by atoms with E-state index >= 15 is 0 Å². The number of carbonyl (C=O) groups is 1. The van der Waals surface area contributed by atoms with Crippen molar-refractivity contribution in [2.75, 3.05) is 19.6 Å². The van der Waals surface area contributed by atoms with Crippen LogP contribution in [-0.2, 0) is 4.79 Å². The van der Waals surface area contributed by atoms with Gasteiger partial charge in [0.2, 0.25) is 5.91 Å². The number of rotatable bonds is 2. The zero-order valence-electron chi connectivity index (χ0n) is 8.25. The van der Waals surface area contributed by atoms with E-state index in [1.807, 2.05) is 0 Å². The molecule has 3 nitrogen and oxygen atoms in total. The molecule has 3 heteroatoms. The third kappa shape index (κ3) is 1.57. The highest BCUT2D eigenvalue weighted by atomic mass is 16.2. The summed E-state index contributed by atoms with van der Waals surface area (Å²) in [6, 6.07) is 0.513. The normalized spacial score (nSPS) is 32.2. The van der Waals surface area contributed by atoms with E-state index in [1.54, 1.807) is 0 Å². The molecule has 0 aliphatic carbocycles. The van der Waals surface area contributed by atoms with Crippen LogP contribution in [0.5, 0.6) is 0 Å². The third-order valence-electron chi connectivity index (χ3n) is 3.23. The molecule has 0 bridgehead atoms. The molecule has 74 valence electrons. The molecule has 2 fully saturated rings. The Morgan fingerprint density at radius 1 is 1.54 bits per heavy atom. The lowest BCUT2D eigenvalue weighted by Gasteiger charge is -2.23. The van der Waals surface area contributed by atoms with Gasteiger partial charge in [0.1, 0.15) is 0 Å². The van der Waals surface area contributed by atoms with Gasteiger partial charge in [-0.2, -0.15) is 0 Å². The standard InChI is InChI=1S/C10H18N2O/c1-2-3-10(13)12-5-4-8-6-11-7-9(8)12/h8-9,11H,2-7H2,1H3. The Labute approximate surface area is 79.5 Å². The van der Waals surface area contributed by atoms with Crippen LogP contribution in [0.2, 0.25) is 0 Å². The van der Waals surface area contributed by atoms with Gasteiger partial charge in [0.15, 0.2) is 0 Å². The number of fused-ring (bicyclic) bond motifs is 1. The summed E-state index contributed by atoms with van der Waals surface area (Å²) >= 11 is 0. The second kappa shape index (κ2) is 3.66. The van der Waals surface area contributed by atoms with Crippen LogP contribution in [0.15, 0.2) is 0 Å². The molecule has 1 N–H and O–H groups in total. The quantitative estimate of drug-likeness (QED) is 0.678. The molecule has 0 saturated carbocycles. The van der Waals surface area contributed by atoms with Crippen LogP contribution >= 0.6 is 0 Å². The number of nitrogens with one attached hydrogen (secondary N) is 1. The summed E-state index contributed by atoms with van der Waals surface area (Å²) in [4.78, 5) is 13.8. The van der Waals surface area contributed by atoms with Gasteiger partial charge in [0, 0.05) is 32.1 Å². The molecule has 2 aliphatic rings. The zero-order valence-corrected chi connectivity index (χ0v) is 8.25. The highest BCUT2D eigenvalue weighted by Crippen LogP contribution is 2.27. The van der Waals surface area contributed by atoms with Gasteiger partial charge in [-0.05, 0) is 18.8 Å². The number of nitrogens with zero attached hydrogens (tertiary/aromatic N) is 1. The predicted molar refractivity (Wildman–Crippen MR) is 51.4 cm³/mol. The van der Waals surface area contributed by atoms with Crippen LogP contribution < -0.4 is 5.32 Å². The van der Waals surface area contributed by atoms with E-state index in [0.717, 1.165) is 38.4 Å². The van der Waals surface area contributed by atoms with E-state index in [0.29, 0.717) is 11.9 Å². The van der Waals surface area contributed by atoms with Crippen LogP contribution in [0, 0.1) is 5.92 Å². The molecule has 2 heterocycles. The van der Waals surface area contributed by atoms with Gasteiger partial charge in [0.25, 0.3) is 0 Å². The minimum Gasteiger partial charge on any atom is -0.338 e. The van der Waals surface area contributed by atoms with Crippen LogP contribution in [0.25, 0.3) is 0 Å². The minimum atomic E-state index is 0.360. The molecule has 0 aromatic heterocycles. The first-order valence-electron chi connectivity index (χ1n) is 5.33. The average molecular weight is 182 g/mol. The molecule has 13 heavy (non-hydrogen) atoms. The average Bonchev–Trinajstić information content (AvgIpc) is 2.62. The lowest BCUT2D eigenvalue weighted by Crippen LogP contribution is -2.38. The third-order valence-corrected chi connectivity index (χ3v) is 3.23. The Bertz CT molecular complexity index is 205. The van der Waals surface area contributed by atoms with Crippen LogP contribution in [-0.4, -0.2) is 36.5 Å². The van der Waals surface area contributed by atoms with Crippen molar-refractivity contribution in [2.45, 2.75) is 32.2 Å². The maximum absolute atomic E-state index is 11.7. The SMILES string of the molecule is CCCC(=O)N1CCC2CNCC21. The molecule has 0 spiro atoms. The van der Waals surface area contributed by atoms with Crippen molar-refractivity contribution < 1.29 is 4.79 Å². The maximum atomic E-state index is 11.7. The monoisotopic (exact) mass is 182 g/mol. The van der Waals surface area contributed by atoms with Gasteiger partial charge in [-0.3, -0.25) is 4.79 Å². The lowest BCUT2D eigenvalue weighted by molar-refractivity contribution is -0.131. The fourth-order valence-corrected chi connectivity index (χ4v) is 2.52. The van der Waals surface area contributed by atoms with Crippen molar-refractivity contribution in [3.05, 3.63) is 0 Å². The minimum absolute atomic E-state index is 0.360. The van der Waals surface area contributed by atoms with Gasteiger partial charge in [-0.25, -0.2) is 0 Å². The molecule has 2 rings (SSSR count). The number of carbonyl (C=O) groups excluding carboxylic acids is 1. The van der Waals surface area contributed by atoms with Crippen molar-refractivity contribution >= 4 is 5.91 Å². The molecular formula is C10H18N2O. The summed E-state index contributed by atoms with van der Waals surface area (Å²) in [6.07, 6.45) is 2.90. The van der Waals surface area contributed by atoms with E-state index in [9.17, 15) is 4.79 Å². The van der Waals surface area contributed by atoms with Crippen molar-refractivity contribution in [1.29, 1.82) is 0 Å². The Morgan fingerprint density at radius 2 is 2.38 bits per heavy atom. The number of likely N-dealkylation sites (tertiary alicyclic amines) is 1. The Kier molecular flexibility index (Phi) is 2.54. The summed E-state index contributed by atoms with van der Waals surface area (Å²) in [7, 11) is 0. The van der Waals surface area contributed by atoms with Gasteiger partial charge in [0.05, 0.1) is 0 Å². The topological polar surface area (TPSA) is 32.3 Å². The highest BCUT2D eigenvalue weighted by molar-refractivity contribution is 5.76. The molecule has 0 aromatic carbocycles. The van der Waals surface area contributed by atoms with Crippen LogP contribution in [0.4, 0.5) is 0 Å². The fraction of sp³-hybridized carbons (Fsp3) is 0.900. The molecule has 2 aliphatic heterocycles. The van der Waals surface area contributed by atoms with Crippen molar-refractivity contribution in [2.24, 2.45) is 5.92 Å². The molecule has 2 atom stereocenters. The van der Waals surface area contributed by atoms with E-state index < -0.39 is 0 Å². The number of hydrogen-bond donors (Lipinski definition) is 1. The van der Waals surface area contributed by atoms with Crippen molar-refractivity contribution in [3.63, 3.8) is 0 Å². The number of amides is 1. The first-order valence-corrected chi connectivity index (χ1v) is 5.33. The molecule has 2 saturated heterocycles. The first-order chi connectivity index (χ1) is 6.33. The van der Waals surface area contributed by atoms with Gasteiger partial charge in [-0.1, -0.05) is 6.92 Å². The molecule has 0 aromatic rings. The van der Waals surface area contributed by atoms with E-state index in [1.165, 1.54) is 6.42 Å². The predicted octanol–water partition coefficient (Wildman–Crippen LogP) is 0.607. The van der Waals surface area contributed by atoms with Crippen LogP contribution in [0.3, 0.4) is 0 Å². The second-order valence-electron chi connectivity index (χ2n) is 4.11. The van der Waals surface area contributed by atoms with Crippen LogP contribution in [0.1, 0.15) is 26.2 Å². The number of hydrogen-bond acceptors (Lipinski definition) is 2. The van der Waals surface area contributed by atoms with Gasteiger partial charge >= 0.3 is 0 Å². The van der Waals surface area contributed by atoms with E-state index in [2.05, 4.69) is 17.1 Å². The largest absolute Gasteiger partial charge is 0.338 e. The molecular weight excluding hydrogens is 164 g/mol. The van der Waals surface area contributed by atoms with Crippen molar-refractivity contribution in [1.82, 2.24) is 10.2 Å². The maximum Gasteiger partial charge on any atom is 0.222 e. The summed E-state index contributed by atoms with van der Waals surface area (Å²) in [5, 5.41) is 3.36. The van der Waals surface area contributed by atoms with Gasteiger partial charge in [-0.15, -0.1) is 0 Å². The van der Waals surface area contributed by atoms with E-state index in [4.69, 9.17) is 0 Å². The van der Waals surface area contributed by atoms with Crippen molar-refractivity contribution in [3.8, 4) is 0 Å².